The van der Waals surface area contributed by atoms with E-state index in [9.17, 15) is 17.9 Å². The summed E-state index contributed by atoms with van der Waals surface area (Å²) in [6.07, 6.45) is -0.971. The van der Waals surface area contributed by atoms with Gasteiger partial charge in [-0.25, -0.2) is 9.18 Å². The van der Waals surface area contributed by atoms with Gasteiger partial charge in [0.25, 0.3) is 0 Å². The highest BCUT2D eigenvalue weighted by Gasteiger charge is 2.15. The fourth-order valence-electron chi connectivity index (χ4n) is 1.58. The van der Waals surface area contributed by atoms with E-state index in [-0.39, 0.29) is 10.7 Å². The number of rotatable bonds is 4. The van der Waals surface area contributed by atoms with Crippen LogP contribution in [0.1, 0.15) is 0 Å². The molecule has 2 rings (SSSR count). The Bertz CT molecular complexity index is 735. The summed E-state index contributed by atoms with van der Waals surface area (Å²) in [7, 11) is 0. The van der Waals surface area contributed by atoms with E-state index in [0.29, 0.717) is 10.7 Å². The first-order valence-electron chi connectivity index (χ1n) is 5.94. The monoisotopic (exact) mass is 377 g/mol. The predicted molar refractivity (Wildman–Crippen MR) is 85.1 cm³/mol. The number of benzene rings is 2. The lowest BCUT2D eigenvalue weighted by atomic mass is 10.3. The quantitative estimate of drug-likeness (QED) is 0.789. The highest BCUT2D eigenvalue weighted by Crippen LogP contribution is 2.31. The first kappa shape index (κ1) is 17.5. The third-order valence-electron chi connectivity index (χ3n) is 2.48. The molecule has 6 nitrogen and oxygen atoms in total. The van der Waals surface area contributed by atoms with Crippen molar-refractivity contribution in [1.29, 1.82) is 0 Å². The van der Waals surface area contributed by atoms with Crippen LogP contribution in [0, 0.1) is 5.82 Å². The van der Waals surface area contributed by atoms with Crippen LogP contribution < -0.4 is 14.8 Å². The molecular weight excluding hydrogens is 370 g/mol. The molecule has 1 amide bonds. The number of ether oxygens (including phenoxy) is 1. The molecule has 1 atom stereocenters. The predicted octanol–water partition coefficient (Wildman–Crippen LogP) is 3.95. The van der Waals surface area contributed by atoms with Crippen LogP contribution in [0.3, 0.4) is 0 Å². The van der Waals surface area contributed by atoms with Gasteiger partial charge >= 0.3 is 6.09 Å². The lowest BCUT2D eigenvalue weighted by Gasteiger charge is -2.12. The normalized spacial score (nSPS) is 11.7. The summed E-state index contributed by atoms with van der Waals surface area (Å²) in [5.74, 6) is -1.53. The van der Waals surface area contributed by atoms with Gasteiger partial charge in [0.1, 0.15) is 0 Å². The van der Waals surface area contributed by atoms with E-state index in [4.69, 9.17) is 27.9 Å². The average Bonchev–Trinajstić information content (AvgIpc) is 2.45. The Morgan fingerprint density at radius 3 is 2.39 bits per heavy atom. The largest absolute Gasteiger partial charge is 0.755 e. The van der Waals surface area contributed by atoms with Gasteiger partial charge in [0.2, 0.25) is 0 Å². The van der Waals surface area contributed by atoms with Crippen molar-refractivity contribution < 1.29 is 22.7 Å². The zero-order valence-corrected chi connectivity index (χ0v) is 13.5. The summed E-state index contributed by atoms with van der Waals surface area (Å²) in [5.41, 5.74) is 0.280. The van der Waals surface area contributed by atoms with Gasteiger partial charge < -0.3 is 14.0 Å². The summed E-state index contributed by atoms with van der Waals surface area (Å²) >= 11 is 8.86. The van der Waals surface area contributed by atoms with E-state index < -0.39 is 28.9 Å². The molecule has 0 spiro atoms. The van der Waals surface area contributed by atoms with Crippen LogP contribution in [0.4, 0.5) is 20.6 Å². The fraction of sp³-hybridized carbons (Fsp3) is 0. The van der Waals surface area contributed by atoms with E-state index in [1.165, 1.54) is 12.1 Å². The van der Waals surface area contributed by atoms with Crippen molar-refractivity contribution in [2.24, 2.45) is 0 Å². The maximum atomic E-state index is 13.9. The van der Waals surface area contributed by atoms with Gasteiger partial charge in [0.05, 0.1) is 5.02 Å². The minimum absolute atomic E-state index is 0.105. The summed E-state index contributed by atoms with van der Waals surface area (Å²) in [6, 6.07) is 8.08. The first-order chi connectivity index (χ1) is 10.8. The molecule has 2 N–H and O–H groups in total. The minimum atomic E-state index is -2.64. The second-order valence-electron chi connectivity index (χ2n) is 4.13. The lowest BCUT2D eigenvalue weighted by molar-refractivity contribution is 0.213. The number of hydrogen-bond acceptors (Lipinski definition) is 4. The Hall–Kier alpha value is -1.87. The Balaban J connectivity index is 2.11. The third-order valence-corrected chi connectivity index (χ3v) is 3.42. The van der Waals surface area contributed by atoms with Crippen molar-refractivity contribution in [3.8, 4) is 5.75 Å². The molecule has 0 saturated carbocycles. The molecule has 1 unspecified atom stereocenters. The van der Waals surface area contributed by atoms with Gasteiger partial charge in [-0.05, 0) is 30.3 Å². The Kier molecular flexibility index (Phi) is 5.78. The number of hydrogen-bond donors (Lipinski definition) is 2. The molecule has 0 radical (unpaired) electrons. The van der Waals surface area contributed by atoms with Crippen LogP contribution in [0.2, 0.25) is 10.0 Å². The number of carbonyl (C=O) groups excluding carboxylic acids is 1. The minimum Gasteiger partial charge on any atom is -0.755 e. The molecular formula is C13H8Cl2FN2O4S-. The summed E-state index contributed by atoms with van der Waals surface area (Å²) in [5, 5.41) is 2.57. The third kappa shape index (κ3) is 5.07. The van der Waals surface area contributed by atoms with Gasteiger partial charge in [-0.1, -0.05) is 23.2 Å². The second-order valence-corrected chi connectivity index (χ2v) is 5.64. The molecule has 2 aromatic carbocycles. The average molecular weight is 378 g/mol. The van der Waals surface area contributed by atoms with Gasteiger partial charge in [0.15, 0.2) is 11.6 Å². The number of halogens is 3. The molecule has 0 aliphatic carbocycles. The zero-order valence-electron chi connectivity index (χ0n) is 11.1. The molecule has 0 aromatic heterocycles. The molecule has 10 heteroatoms. The Morgan fingerprint density at radius 2 is 1.83 bits per heavy atom. The van der Waals surface area contributed by atoms with Gasteiger partial charge in [-0.15, -0.1) is 0 Å². The standard InChI is InChI=1S/C13H9Cl2FN2O4S/c14-7-1-3-8(4-2-7)17-13(19)22-12-10(15)5-9(6-11(12)16)18-23(20)21/h1-6,18H,(H,17,19)(H,20,21)/p-1. The van der Waals surface area contributed by atoms with Crippen molar-refractivity contribution >= 4 is 51.9 Å². The lowest BCUT2D eigenvalue weighted by Crippen LogP contribution is -2.17. The van der Waals surface area contributed by atoms with Crippen LogP contribution in [-0.2, 0) is 11.3 Å². The highest BCUT2D eigenvalue weighted by atomic mass is 35.5. The molecule has 23 heavy (non-hydrogen) atoms. The van der Waals surface area contributed by atoms with Crippen LogP contribution >= 0.6 is 23.2 Å². The number of carbonyl (C=O) groups is 1. The van der Waals surface area contributed by atoms with Crippen LogP contribution in [-0.4, -0.2) is 14.9 Å². The van der Waals surface area contributed by atoms with Crippen LogP contribution in [0.15, 0.2) is 36.4 Å². The number of amides is 1. The summed E-state index contributed by atoms with van der Waals surface area (Å²) in [6.45, 7) is 0. The summed E-state index contributed by atoms with van der Waals surface area (Å²) in [4.78, 5) is 11.7. The van der Waals surface area contributed by atoms with Crippen molar-refractivity contribution in [1.82, 2.24) is 0 Å². The number of anilines is 2. The van der Waals surface area contributed by atoms with Crippen LogP contribution in [0.25, 0.3) is 0 Å². The van der Waals surface area contributed by atoms with Gasteiger partial charge in [-0.3, -0.25) is 9.53 Å². The first-order valence-corrected chi connectivity index (χ1v) is 7.77. The smallest absolute Gasteiger partial charge is 0.417 e. The molecule has 0 aliphatic rings. The second kappa shape index (κ2) is 7.60. The molecule has 0 bridgehead atoms. The van der Waals surface area contributed by atoms with E-state index in [0.717, 1.165) is 12.1 Å². The summed E-state index contributed by atoms with van der Waals surface area (Å²) < 4.78 is 41.6. The van der Waals surface area contributed by atoms with Gasteiger partial charge in [0, 0.05) is 33.7 Å². The maximum absolute atomic E-state index is 13.9. The van der Waals surface area contributed by atoms with Crippen LogP contribution in [0.5, 0.6) is 5.75 Å². The van der Waals surface area contributed by atoms with Gasteiger partial charge in [-0.2, -0.15) is 0 Å². The Labute approximate surface area is 143 Å². The zero-order chi connectivity index (χ0) is 17.0. The van der Waals surface area contributed by atoms with Crippen molar-refractivity contribution in [3.05, 3.63) is 52.3 Å². The molecule has 0 aliphatic heterocycles. The molecule has 122 valence electrons. The fourth-order valence-corrected chi connectivity index (χ4v) is 2.26. The molecule has 0 heterocycles. The van der Waals surface area contributed by atoms with Crippen molar-refractivity contribution in [2.75, 3.05) is 10.0 Å². The molecule has 0 fully saturated rings. The topological polar surface area (TPSA) is 90.5 Å². The maximum Gasteiger partial charge on any atom is 0.417 e. The molecule has 0 saturated heterocycles. The number of nitrogens with one attached hydrogen (secondary N) is 2. The van der Waals surface area contributed by atoms with Crippen molar-refractivity contribution in [2.45, 2.75) is 0 Å². The van der Waals surface area contributed by atoms with E-state index in [2.05, 4.69) is 5.32 Å². The van der Waals surface area contributed by atoms with Crippen molar-refractivity contribution in [3.63, 3.8) is 0 Å². The van der Waals surface area contributed by atoms with E-state index in [1.54, 1.807) is 12.1 Å². The molecule has 2 aromatic rings. The van der Waals surface area contributed by atoms with E-state index in [1.807, 2.05) is 4.72 Å². The van der Waals surface area contributed by atoms with E-state index >= 15 is 0 Å². The SMILES string of the molecule is O=C(Nc1ccc(Cl)cc1)Oc1c(F)cc(NS(=O)[O-])cc1Cl. The highest BCUT2D eigenvalue weighted by molar-refractivity contribution is 7.80. The Morgan fingerprint density at radius 1 is 1.17 bits per heavy atom.